The summed E-state index contributed by atoms with van der Waals surface area (Å²) in [5, 5.41) is 7.46. The maximum absolute atomic E-state index is 13.3. The van der Waals surface area contributed by atoms with E-state index in [2.05, 4.69) is 23.7 Å². The molecule has 1 N–H and O–H groups in total. The van der Waals surface area contributed by atoms with Crippen molar-refractivity contribution in [1.82, 2.24) is 5.32 Å². The van der Waals surface area contributed by atoms with Crippen molar-refractivity contribution >= 4 is 46.2 Å². The van der Waals surface area contributed by atoms with Crippen molar-refractivity contribution < 1.29 is 14.3 Å². The topological polar surface area (TPSA) is 55.4 Å². The number of allylic oxidation sites excluding steroid dienone is 3. The molecular formula is C23H25NO3S3. The van der Waals surface area contributed by atoms with E-state index in [9.17, 15) is 9.59 Å². The summed E-state index contributed by atoms with van der Waals surface area (Å²) in [6.45, 7) is 4.38. The molecule has 2 aliphatic rings. The first-order valence-corrected chi connectivity index (χ1v) is 13.1. The van der Waals surface area contributed by atoms with Crippen LogP contribution in [0.4, 0.5) is 0 Å². The first-order valence-electron chi connectivity index (χ1n) is 10.2. The maximum Gasteiger partial charge on any atom is 0.336 e. The van der Waals surface area contributed by atoms with Crippen molar-refractivity contribution in [3.8, 4) is 0 Å². The summed E-state index contributed by atoms with van der Waals surface area (Å²) in [6, 6.07) is 8.12. The van der Waals surface area contributed by atoms with Gasteiger partial charge in [-0.1, -0.05) is 19.1 Å². The van der Waals surface area contributed by atoms with Crippen molar-refractivity contribution in [1.29, 1.82) is 0 Å². The van der Waals surface area contributed by atoms with Gasteiger partial charge in [-0.05, 0) is 42.0 Å². The minimum absolute atomic E-state index is 0.125. The van der Waals surface area contributed by atoms with E-state index in [0.29, 0.717) is 18.6 Å². The quantitative estimate of drug-likeness (QED) is 0.440. The third-order valence-corrected chi connectivity index (χ3v) is 8.32. The van der Waals surface area contributed by atoms with Crippen molar-refractivity contribution in [2.75, 3.05) is 18.1 Å². The second-order valence-corrected chi connectivity index (χ2v) is 10.7. The van der Waals surface area contributed by atoms with Crippen molar-refractivity contribution in [3.05, 3.63) is 67.3 Å². The van der Waals surface area contributed by atoms with Crippen LogP contribution in [0.25, 0.3) is 0 Å². The highest BCUT2D eigenvalue weighted by Crippen LogP contribution is 2.47. The molecule has 0 aromatic carbocycles. The molecule has 0 saturated heterocycles. The van der Waals surface area contributed by atoms with Crippen LogP contribution >= 0.6 is 34.4 Å². The summed E-state index contributed by atoms with van der Waals surface area (Å²) < 4.78 is 5.59. The molecule has 0 bridgehead atoms. The van der Waals surface area contributed by atoms with Crippen LogP contribution in [-0.2, 0) is 14.3 Å². The van der Waals surface area contributed by atoms with E-state index in [-0.39, 0.29) is 23.6 Å². The number of hydrogen-bond acceptors (Lipinski definition) is 7. The molecule has 0 radical (unpaired) electrons. The van der Waals surface area contributed by atoms with Crippen LogP contribution in [0.2, 0.25) is 0 Å². The van der Waals surface area contributed by atoms with Gasteiger partial charge >= 0.3 is 5.97 Å². The number of esters is 1. The maximum atomic E-state index is 13.3. The van der Waals surface area contributed by atoms with E-state index >= 15 is 0 Å². The first kappa shape index (κ1) is 21.4. The zero-order valence-electron chi connectivity index (χ0n) is 17.1. The SMILES string of the molecule is CCSCCOC(=O)C1=C(C)NC2=C(C(=O)C[C@@H](c3cccs3)C2)[C@@H]1c1cccs1. The number of hydrogen-bond donors (Lipinski definition) is 1. The number of ether oxygens (including phenoxy) is 1. The fourth-order valence-electron chi connectivity index (χ4n) is 4.19. The van der Waals surface area contributed by atoms with E-state index in [4.69, 9.17) is 4.74 Å². The fraction of sp³-hybridized carbons (Fsp3) is 0.391. The lowest BCUT2D eigenvalue weighted by atomic mass is 9.74. The molecule has 0 spiro atoms. The molecule has 158 valence electrons. The van der Waals surface area contributed by atoms with Gasteiger partial charge in [0.05, 0.1) is 11.5 Å². The zero-order valence-corrected chi connectivity index (χ0v) is 19.6. The molecule has 2 aromatic heterocycles. The molecule has 2 aromatic rings. The van der Waals surface area contributed by atoms with Crippen LogP contribution in [0.15, 0.2) is 57.6 Å². The van der Waals surface area contributed by atoms with Gasteiger partial charge in [-0.3, -0.25) is 4.79 Å². The lowest BCUT2D eigenvalue weighted by Crippen LogP contribution is -2.35. The average molecular weight is 460 g/mol. The number of carbonyl (C=O) groups excluding carboxylic acids is 2. The molecular weight excluding hydrogens is 434 g/mol. The van der Waals surface area contributed by atoms with Crippen molar-refractivity contribution in [2.24, 2.45) is 0 Å². The van der Waals surface area contributed by atoms with Crippen LogP contribution in [0.1, 0.15) is 48.3 Å². The summed E-state index contributed by atoms with van der Waals surface area (Å²) >= 11 is 5.03. The normalized spacial score (nSPS) is 21.5. The molecule has 0 fully saturated rings. The van der Waals surface area contributed by atoms with E-state index in [1.165, 1.54) is 4.88 Å². The molecule has 1 aliphatic carbocycles. The van der Waals surface area contributed by atoms with Crippen LogP contribution in [0.5, 0.6) is 0 Å². The first-order chi connectivity index (χ1) is 14.6. The number of nitrogens with one attached hydrogen (secondary N) is 1. The zero-order chi connectivity index (χ0) is 21.1. The molecule has 0 unspecified atom stereocenters. The number of rotatable bonds is 7. The highest BCUT2D eigenvalue weighted by Gasteiger charge is 2.41. The van der Waals surface area contributed by atoms with Gasteiger partial charge in [0.15, 0.2) is 5.78 Å². The number of dihydropyridines is 1. The Hall–Kier alpha value is -1.83. The second kappa shape index (κ2) is 9.54. The predicted molar refractivity (Wildman–Crippen MR) is 125 cm³/mol. The molecule has 30 heavy (non-hydrogen) atoms. The Bertz CT molecular complexity index is 974. The molecule has 1 aliphatic heterocycles. The van der Waals surface area contributed by atoms with Crippen molar-refractivity contribution in [2.45, 2.75) is 38.5 Å². The molecule has 3 heterocycles. The average Bonchev–Trinajstić information content (AvgIpc) is 3.44. The number of thiophene rings is 2. The van der Waals surface area contributed by atoms with Crippen LogP contribution in [0.3, 0.4) is 0 Å². The van der Waals surface area contributed by atoms with Gasteiger partial charge < -0.3 is 10.1 Å². The molecule has 4 rings (SSSR count). The molecule has 2 atom stereocenters. The highest BCUT2D eigenvalue weighted by atomic mass is 32.2. The Kier molecular flexibility index (Phi) is 6.80. The molecule has 7 heteroatoms. The Balaban J connectivity index is 1.66. The highest BCUT2D eigenvalue weighted by molar-refractivity contribution is 7.99. The van der Waals surface area contributed by atoms with Crippen LogP contribution in [-0.4, -0.2) is 29.9 Å². The van der Waals surface area contributed by atoms with Gasteiger partial charge in [0.2, 0.25) is 0 Å². The Labute approximate surface area is 189 Å². The predicted octanol–water partition coefficient (Wildman–Crippen LogP) is 5.47. The largest absolute Gasteiger partial charge is 0.461 e. The minimum Gasteiger partial charge on any atom is -0.461 e. The number of carbonyl (C=O) groups is 2. The van der Waals surface area contributed by atoms with E-state index in [1.807, 2.05) is 30.5 Å². The van der Waals surface area contributed by atoms with Gasteiger partial charge in [0.25, 0.3) is 0 Å². The summed E-state index contributed by atoms with van der Waals surface area (Å²) in [5.41, 5.74) is 3.06. The Morgan fingerprint density at radius 2 is 1.93 bits per heavy atom. The van der Waals surface area contributed by atoms with Crippen LogP contribution < -0.4 is 5.32 Å². The molecule has 0 saturated carbocycles. The van der Waals surface area contributed by atoms with Gasteiger partial charge in [-0.25, -0.2) is 4.79 Å². The van der Waals surface area contributed by atoms with Gasteiger partial charge in [0.1, 0.15) is 6.61 Å². The molecule has 4 nitrogen and oxygen atoms in total. The van der Waals surface area contributed by atoms with E-state index in [1.54, 1.807) is 34.4 Å². The van der Waals surface area contributed by atoms with Gasteiger partial charge in [-0.2, -0.15) is 11.8 Å². The van der Waals surface area contributed by atoms with E-state index < -0.39 is 0 Å². The van der Waals surface area contributed by atoms with Crippen LogP contribution in [0, 0.1) is 0 Å². The summed E-state index contributed by atoms with van der Waals surface area (Å²) in [6.07, 6.45) is 1.27. The summed E-state index contributed by atoms with van der Waals surface area (Å²) in [5.74, 6) is 1.43. The van der Waals surface area contributed by atoms with E-state index in [0.717, 1.165) is 39.8 Å². The second-order valence-electron chi connectivity index (χ2n) is 7.38. The minimum atomic E-state index is -0.343. The number of Topliss-reactive ketones (excluding diaryl/α,β-unsaturated/α-hetero) is 1. The smallest absolute Gasteiger partial charge is 0.336 e. The third kappa shape index (κ3) is 4.29. The van der Waals surface area contributed by atoms with Crippen molar-refractivity contribution in [3.63, 3.8) is 0 Å². The lowest BCUT2D eigenvalue weighted by Gasteiger charge is -2.35. The Morgan fingerprint density at radius 1 is 1.20 bits per heavy atom. The molecule has 0 amide bonds. The van der Waals surface area contributed by atoms with Gasteiger partial charge in [0, 0.05) is 44.8 Å². The number of thioether (sulfide) groups is 1. The standard InChI is InChI=1S/C23H25NO3S3/c1-3-28-11-8-27-23(26)20-14(2)24-16-12-15(18-6-4-9-29-18)13-17(25)21(16)22(20)19-7-5-10-30-19/h4-7,9-10,15,22,24H,3,8,11-13H2,1-2H3/t15-,22+/m0/s1. The lowest BCUT2D eigenvalue weighted by molar-refractivity contribution is -0.138. The third-order valence-electron chi connectivity index (χ3n) is 5.49. The van der Waals surface area contributed by atoms with Gasteiger partial charge in [-0.15, -0.1) is 22.7 Å². The summed E-state index contributed by atoms with van der Waals surface area (Å²) in [7, 11) is 0. The number of ketones is 1. The fourth-order valence-corrected chi connectivity index (χ4v) is 6.35. The summed E-state index contributed by atoms with van der Waals surface area (Å²) in [4.78, 5) is 28.7. The monoisotopic (exact) mass is 459 g/mol. The Morgan fingerprint density at radius 3 is 2.60 bits per heavy atom.